The summed E-state index contributed by atoms with van der Waals surface area (Å²) in [4.78, 5) is 31.1. The van der Waals surface area contributed by atoms with Crippen molar-refractivity contribution >= 4 is 17.6 Å². The molecule has 2 atom stereocenters. The zero-order chi connectivity index (χ0) is 19.7. The fraction of sp³-hybridized carbons (Fsp3) is 0.636. The Kier molecular flexibility index (Phi) is 5.32. The van der Waals surface area contributed by atoms with Crippen LogP contribution in [-0.2, 0) is 9.59 Å². The van der Waals surface area contributed by atoms with Gasteiger partial charge < -0.3 is 14.9 Å². The highest BCUT2D eigenvalue weighted by atomic mass is 16.4. The average molecular weight is 386 g/mol. The molecule has 6 nitrogen and oxygen atoms in total. The lowest BCUT2D eigenvalue weighted by Gasteiger charge is -2.36. The van der Waals surface area contributed by atoms with E-state index in [4.69, 9.17) is 0 Å². The summed E-state index contributed by atoms with van der Waals surface area (Å²) in [6, 6.07) is 8.60. The number of carbonyl (C=O) groups is 2. The molecule has 1 aromatic carbocycles. The van der Waals surface area contributed by atoms with Crippen LogP contribution in [0.4, 0.5) is 5.69 Å². The highest BCUT2D eigenvalue weighted by molar-refractivity contribution is 5.81. The molecule has 1 amide bonds. The molecule has 3 aliphatic rings. The van der Waals surface area contributed by atoms with Crippen molar-refractivity contribution in [3.63, 3.8) is 0 Å². The van der Waals surface area contributed by atoms with E-state index in [1.165, 1.54) is 11.3 Å². The van der Waals surface area contributed by atoms with E-state index in [0.29, 0.717) is 19.5 Å². The third-order valence-corrected chi connectivity index (χ3v) is 7.03. The molecule has 0 unspecified atom stereocenters. The number of nitrogens with zero attached hydrogens (tertiary/aromatic N) is 3. The maximum absolute atomic E-state index is 12.7. The average Bonchev–Trinajstić information content (AvgIpc) is 3.25. The van der Waals surface area contributed by atoms with Gasteiger partial charge in [0.05, 0.1) is 5.41 Å². The van der Waals surface area contributed by atoms with Crippen LogP contribution in [0.3, 0.4) is 0 Å². The molecule has 2 heterocycles. The van der Waals surface area contributed by atoms with Crippen LogP contribution in [0.5, 0.6) is 0 Å². The first-order valence-electron chi connectivity index (χ1n) is 10.5. The van der Waals surface area contributed by atoms with Crippen LogP contribution in [0.15, 0.2) is 24.3 Å². The van der Waals surface area contributed by atoms with Crippen LogP contribution in [0.1, 0.15) is 31.2 Å². The standard InChI is InChI=1S/C22H31N3O3/c1-17-4-2-6-19(14-17)24-12-10-23(11-13-24)9-7-20(26)25-15-18-5-3-8-22(18,16-25)21(27)28/h2,4,6,14,18H,3,5,7-13,15-16H2,1H3,(H,27,28)/t18-,22+/m0/s1. The Morgan fingerprint density at radius 3 is 2.68 bits per heavy atom. The number of piperazine rings is 1. The molecule has 1 saturated carbocycles. The van der Waals surface area contributed by atoms with Gasteiger partial charge in [0.1, 0.15) is 0 Å². The topological polar surface area (TPSA) is 64.1 Å². The second kappa shape index (κ2) is 7.74. The molecular weight excluding hydrogens is 354 g/mol. The van der Waals surface area contributed by atoms with E-state index >= 15 is 0 Å². The maximum atomic E-state index is 12.7. The van der Waals surface area contributed by atoms with Gasteiger partial charge in [0, 0.05) is 57.9 Å². The molecule has 0 spiro atoms. The van der Waals surface area contributed by atoms with Gasteiger partial charge >= 0.3 is 5.97 Å². The Morgan fingerprint density at radius 2 is 2.00 bits per heavy atom. The van der Waals surface area contributed by atoms with Crippen molar-refractivity contribution < 1.29 is 14.7 Å². The van der Waals surface area contributed by atoms with E-state index in [2.05, 4.69) is 41.0 Å². The predicted octanol–water partition coefficient (Wildman–Crippen LogP) is 2.22. The largest absolute Gasteiger partial charge is 0.481 e. The van der Waals surface area contributed by atoms with Crippen molar-refractivity contribution in [2.45, 2.75) is 32.6 Å². The van der Waals surface area contributed by atoms with Crippen LogP contribution in [0.25, 0.3) is 0 Å². The van der Waals surface area contributed by atoms with E-state index in [1.807, 2.05) is 4.90 Å². The van der Waals surface area contributed by atoms with Crippen molar-refractivity contribution in [1.82, 2.24) is 9.80 Å². The molecule has 3 fully saturated rings. The number of amides is 1. The first-order valence-corrected chi connectivity index (χ1v) is 10.5. The van der Waals surface area contributed by atoms with Crippen LogP contribution in [0, 0.1) is 18.3 Å². The molecule has 0 radical (unpaired) electrons. The minimum Gasteiger partial charge on any atom is -0.481 e. The molecule has 1 aromatic rings. The van der Waals surface area contributed by atoms with Crippen molar-refractivity contribution in [3.05, 3.63) is 29.8 Å². The van der Waals surface area contributed by atoms with Gasteiger partial charge in [0.15, 0.2) is 0 Å². The number of hydrogen-bond acceptors (Lipinski definition) is 4. The van der Waals surface area contributed by atoms with Gasteiger partial charge in [-0.15, -0.1) is 0 Å². The fourth-order valence-electron chi connectivity index (χ4n) is 5.30. The SMILES string of the molecule is Cc1cccc(N2CCN(CCC(=O)N3C[C@@H]4CCC[C@@]4(C(=O)O)C3)CC2)c1. The Morgan fingerprint density at radius 1 is 1.21 bits per heavy atom. The van der Waals surface area contributed by atoms with Gasteiger partial charge in [0.2, 0.25) is 5.91 Å². The fourth-order valence-corrected chi connectivity index (χ4v) is 5.30. The summed E-state index contributed by atoms with van der Waals surface area (Å²) in [5.74, 6) is -0.444. The zero-order valence-electron chi connectivity index (χ0n) is 16.8. The smallest absolute Gasteiger partial charge is 0.311 e. The van der Waals surface area contributed by atoms with Gasteiger partial charge in [-0.05, 0) is 43.4 Å². The summed E-state index contributed by atoms with van der Waals surface area (Å²) in [5, 5.41) is 9.69. The predicted molar refractivity (Wildman–Crippen MR) is 108 cm³/mol. The molecule has 152 valence electrons. The number of hydrogen-bond donors (Lipinski definition) is 1. The minimum absolute atomic E-state index is 0.121. The molecule has 28 heavy (non-hydrogen) atoms. The third kappa shape index (κ3) is 3.62. The van der Waals surface area contributed by atoms with E-state index in [1.54, 1.807) is 0 Å². The highest BCUT2D eigenvalue weighted by Gasteiger charge is 2.55. The Hall–Kier alpha value is -2.08. The van der Waals surface area contributed by atoms with E-state index in [0.717, 1.165) is 52.0 Å². The summed E-state index contributed by atoms with van der Waals surface area (Å²) in [6.45, 7) is 7.80. The van der Waals surface area contributed by atoms with Gasteiger partial charge in [0.25, 0.3) is 0 Å². The first kappa shape index (κ1) is 19.2. The van der Waals surface area contributed by atoms with Crippen LogP contribution in [0.2, 0.25) is 0 Å². The molecule has 2 aliphatic heterocycles. The highest BCUT2D eigenvalue weighted by Crippen LogP contribution is 2.48. The second-order valence-corrected chi connectivity index (χ2v) is 8.74. The number of rotatable bonds is 5. The van der Waals surface area contributed by atoms with Crippen molar-refractivity contribution in [2.75, 3.05) is 50.7 Å². The minimum atomic E-state index is -0.711. The summed E-state index contributed by atoms with van der Waals surface area (Å²) in [7, 11) is 0. The normalized spacial score (nSPS) is 27.8. The van der Waals surface area contributed by atoms with Gasteiger partial charge in [-0.1, -0.05) is 18.6 Å². The number of fused-ring (bicyclic) bond motifs is 1. The number of anilines is 1. The molecule has 4 rings (SSSR count). The lowest BCUT2D eigenvalue weighted by Crippen LogP contribution is -2.47. The number of likely N-dealkylation sites (tertiary alicyclic amines) is 1. The zero-order valence-corrected chi connectivity index (χ0v) is 16.8. The quantitative estimate of drug-likeness (QED) is 0.842. The van der Waals surface area contributed by atoms with Crippen LogP contribution >= 0.6 is 0 Å². The third-order valence-electron chi connectivity index (χ3n) is 7.03. The summed E-state index contributed by atoms with van der Waals surface area (Å²) < 4.78 is 0. The summed E-state index contributed by atoms with van der Waals surface area (Å²) in [5.41, 5.74) is 1.88. The molecule has 6 heteroatoms. The van der Waals surface area contributed by atoms with Crippen LogP contribution < -0.4 is 4.90 Å². The Balaban J connectivity index is 1.25. The van der Waals surface area contributed by atoms with E-state index in [9.17, 15) is 14.7 Å². The van der Waals surface area contributed by atoms with Crippen LogP contribution in [-0.4, -0.2) is 72.6 Å². The maximum Gasteiger partial charge on any atom is 0.311 e. The van der Waals surface area contributed by atoms with Crippen molar-refractivity contribution in [1.29, 1.82) is 0 Å². The number of benzene rings is 1. The first-order chi connectivity index (χ1) is 13.5. The van der Waals surface area contributed by atoms with Gasteiger partial charge in [-0.25, -0.2) is 0 Å². The molecular formula is C22H31N3O3. The van der Waals surface area contributed by atoms with Gasteiger partial charge in [-0.3, -0.25) is 14.5 Å². The molecule has 0 bridgehead atoms. The van der Waals surface area contributed by atoms with E-state index < -0.39 is 11.4 Å². The number of aryl methyl sites for hydroxylation is 1. The van der Waals surface area contributed by atoms with Crippen molar-refractivity contribution in [3.8, 4) is 0 Å². The number of carboxylic acid groups (broad SMARTS) is 1. The molecule has 1 aliphatic carbocycles. The monoisotopic (exact) mass is 385 g/mol. The van der Waals surface area contributed by atoms with E-state index in [-0.39, 0.29) is 11.8 Å². The number of carbonyl (C=O) groups excluding carboxylic acids is 1. The molecule has 0 aromatic heterocycles. The Labute approximate surface area is 167 Å². The van der Waals surface area contributed by atoms with Gasteiger partial charge in [-0.2, -0.15) is 0 Å². The second-order valence-electron chi connectivity index (χ2n) is 8.74. The van der Waals surface area contributed by atoms with Crippen molar-refractivity contribution in [2.24, 2.45) is 11.3 Å². The summed E-state index contributed by atoms with van der Waals surface area (Å²) in [6.07, 6.45) is 3.13. The lowest BCUT2D eigenvalue weighted by atomic mass is 9.81. The molecule has 2 saturated heterocycles. The summed E-state index contributed by atoms with van der Waals surface area (Å²) >= 11 is 0. The lowest BCUT2D eigenvalue weighted by molar-refractivity contribution is -0.149. The molecule has 1 N–H and O–H groups in total. The number of aliphatic carboxylic acids is 1. The number of carboxylic acids is 1. The Bertz CT molecular complexity index is 744.